The van der Waals surface area contributed by atoms with Gasteiger partial charge in [-0.1, -0.05) is 0 Å². The van der Waals surface area contributed by atoms with Crippen molar-refractivity contribution in [1.82, 2.24) is 5.01 Å². The summed E-state index contributed by atoms with van der Waals surface area (Å²) in [5.41, 5.74) is 2.04. The normalized spacial score (nSPS) is 16.6. The number of benzene rings is 2. The number of amides is 2. The first-order chi connectivity index (χ1) is 18.6. The van der Waals surface area contributed by atoms with Gasteiger partial charge in [0.05, 0.1) is 0 Å². The van der Waals surface area contributed by atoms with Gasteiger partial charge in [0.15, 0.2) is 0 Å². The molecule has 2 aromatic carbocycles. The second-order valence-electron chi connectivity index (χ2n) is 11.0. The first-order valence-electron chi connectivity index (χ1n) is 13.3. The number of ketones is 1. The Labute approximate surface area is 236 Å². The molecule has 4 rings (SSSR count). The van der Waals surface area contributed by atoms with Crippen molar-refractivity contribution in [3.05, 3.63) is 59.7 Å². The molecule has 0 bridgehead atoms. The molecular formula is C30H35AsN3O5. The molecule has 0 saturated heterocycles. The second kappa shape index (κ2) is 12.3. The molecule has 1 aliphatic carbocycles. The molecule has 0 N–H and O–H groups in total. The number of anilines is 1. The predicted octanol–water partition coefficient (Wildman–Crippen LogP) is 4.17. The SMILES string of the molecule is COC(=O)c1cccc([As]C(=O)CN2N=C(C3CCCCC3)c3ccccc3N(CC(=O)C(C)(C)C)C2=O)c1. The molecule has 0 unspecified atom stereocenters. The molecular weight excluding hydrogens is 557 g/mol. The van der Waals surface area contributed by atoms with Crippen LogP contribution in [0.2, 0.25) is 0 Å². The summed E-state index contributed by atoms with van der Waals surface area (Å²) in [5.74, 6) is -0.371. The maximum atomic E-state index is 14.0. The molecule has 9 heteroatoms. The number of rotatable bonds is 8. The van der Waals surface area contributed by atoms with Crippen LogP contribution in [-0.4, -0.2) is 69.0 Å². The van der Waals surface area contributed by atoms with Crippen molar-refractivity contribution in [2.45, 2.75) is 52.9 Å². The summed E-state index contributed by atoms with van der Waals surface area (Å²) < 4.78 is 5.40. The number of methoxy groups -OCH3 is 1. The minimum absolute atomic E-state index is 0.0796. The third kappa shape index (κ3) is 6.85. The zero-order valence-electron chi connectivity index (χ0n) is 23.0. The molecule has 1 saturated carbocycles. The average molecular weight is 593 g/mol. The Kier molecular flexibility index (Phi) is 9.06. The Morgan fingerprint density at radius 1 is 1.00 bits per heavy atom. The topological polar surface area (TPSA) is 96.3 Å². The van der Waals surface area contributed by atoms with Crippen LogP contribution in [0.5, 0.6) is 0 Å². The van der Waals surface area contributed by atoms with Crippen LogP contribution in [0, 0.1) is 11.3 Å². The fraction of sp³-hybridized carbons (Fsp3) is 0.433. The van der Waals surface area contributed by atoms with E-state index in [2.05, 4.69) is 0 Å². The number of nitrogens with zero attached hydrogens (tertiary/aromatic N) is 3. The minimum atomic E-state index is -0.997. The van der Waals surface area contributed by atoms with Crippen LogP contribution in [-0.2, 0) is 14.3 Å². The van der Waals surface area contributed by atoms with Crippen LogP contribution in [0.4, 0.5) is 10.5 Å². The Morgan fingerprint density at radius 2 is 1.72 bits per heavy atom. The zero-order chi connectivity index (χ0) is 28.2. The summed E-state index contributed by atoms with van der Waals surface area (Å²) in [6.45, 7) is 5.20. The van der Waals surface area contributed by atoms with E-state index >= 15 is 0 Å². The molecule has 8 nitrogen and oxygen atoms in total. The third-order valence-electron chi connectivity index (χ3n) is 7.09. The van der Waals surface area contributed by atoms with Gasteiger partial charge in [-0.3, -0.25) is 0 Å². The van der Waals surface area contributed by atoms with Crippen LogP contribution in [0.25, 0.3) is 0 Å². The number of hydrazone groups is 1. The Morgan fingerprint density at radius 3 is 2.41 bits per heavy atom. The Bertz CT molecular complexity index is 1290. The van der Waals surface area contributed by atoms with Gasteiger partial charge in [-0.15, -0.1) is 0 Å². The Hall–Kier alpha value is -3.25. The van der Waals surface area contributed by atoms with E-state index in [0.717, 1.165) is 41.3 Å². The van der Waals surface area contributed by atoms with Crippen LogP contribution in [0.3, 0.4) is 0 Å². The fourth-order valence-electron chi connectivity index (χ4n) is 4.84. The van der Waals surface area contributed by atoms with Crippen LogP contribution >= 0.6 is 0 Å². The standard InChI is InChI=1S/C30H35AsN3O5/c1-30(2,3)25(35)18-33-24-16-9-8-15-23(24)27(20-11-6-5-7-12-20)32-34(29(33)38)19-26(36)31-22-14-10-13-21(17-22)28(37)39-4/h8-10,13-17,20H,5-7,11-12,18-19H2,1-4H3. The number of para-hydroxylation sites is 1. The van der Waals surface area contributed by atoms with Crippen LogP contribution in [0.1, 0.15) is 68.8 Å². The molecule has 0 aromatic heterocycles. The molecule has 1 aliphatic heterocycles. The predicted molar refractivity (Wildman–Crippen MR) is 152 cm³/mol. The summed E-state index contributed by atoms with van der Waals surface area (Å²) in [4.78, 5) is 53.8. The number of Topliss-reactive ketones (excluding diaryl/α,β-unsaturated/α-hetero) is 1. The van der Waals surface area contributed by atoms with Gasteiger partial charge in [-0.2, -0.15) is 0 Å². The number of urea groups is 1. The van der Waals surface area contributed by atoms with Crippen molar-refractivity contribution in [3.8, 4) is 0 Å². The number of hydrogen-bond acceptors (Lipinski definition) is 6. The van der Waals surface area contributed by atoms with E-state index in [9.17, 15) is 19.2 Å². The van der Waals surface area contributed by atoms with Gasteiger partial charge in [0.25, 0.3) is 0 Å². The van der Waals surface area contributed by atoms with Crippen molar-refractivity contribution in [2.24, 2.45) is 16.4 Å². The van der Waals surface area contributed by atoms with Crippen LogP contribution in [0.15, 0.2) is 53.6 Å². The van der Waals surface area contributed by atoms with Gasteiger partial charge in [0.2, 0.25) is 0 Å². The molecule has 0 atom stereocenters. The van der Waals surface area contributed by atoms with Crippen LogP contribution < -0.4 is 9.25 Å². The van der Waals surface area contributed by atoms with Crippen molar-refractivity contribution in [2.75, 3.05) is 25.1 Å². The zero-order valence-corrected chi connectivity index (χ0v) is 24.9. The number of ether oxygens (including phenoxy) is 1. The summed E-state index contributed by atoms with van der Waals surface area (Å²) in [6.07, 6.45) is 5.29. The number of carbonyl (C=O) groups excluding carboxylic acids is 4. The number of hydrogen-bond donors (Lipinski definition) is 0. The van der Waals surface area contributed by atoms with Gasteiger partial charge in [-0.05, 0) is 0 Å². The number of esters is 1. The average Bonchev–Trinajstić information content (AvgIpc) is 3.03. The monoisotopic (exact) mass is 592 g/mol. The van der Waals surface area contributed by atoms with E-state index in [1.165, 1.54) is 23.4 Å². The summed E-state index contributed by atoms with van der Waals surface area (Å²) in [5, 5.41) is 6.10. The molecule has 39 heavy (non-hydrogen) atoms. The van der Waals surface area contributed by atoms with Crippen molar-refractivity contribution in [1.29, 1.82) is 0 Å². The Balaban J connectivity index is 1.68. The summed E-state index contributed by atoms with van der Waals surface area (Å²) in [7, 11) is 1.31. The van der Waals surface area contributed by atoms with Crippen molar-refractivity contribution in [3.63, 3.8) is 0 Å². The van der Waals surface area contributed by atoms with Gasteiger partial charge >= 0.3 is 237 Å². The van der Waals surface area contributed by atoms with E-state index in [-0.39, 0.29) is 29.4 Å². The molecule has 2 aromatic rings. The molecule has 2 amide bonds. The van der Waals surface area contributed by atoms with Gasteiger partial charge in [0, 0.05) is 0 Å². The number of carbonyl (C=O) groups is 4. The molecule has 205 valence electrons. The van der Waals surface area contributed by atoms with E-state index < -0.39 is 33.2 Å². The van der Waals surface area contributed by atoms with E-state index in [1.54, 1.807) is 24.3 Å². The summed E-state index contributed by atoms with van der Waals surface area (Å²) in [6, 6.07) is 13.9. The van der Waals surface area contributed by atoms with Gasteiger partial charge in [0.1, 0.15) is 0 Å². The second-order valence-corrected chi connectivity index (χ2v) is 13.6. The van der Waals surface area contributed by atoms with E-state index in [0.29, 0.717) is 11.3 Å². The first-order valence-corrected chi connectivity index (χ1v) is 15.2. The fourth-order valence-corrected chi connectivity index (χ4v) is 6.63. The quantitative estimate of drug-likeness (QED) is 0.339. The molecule has 1 heterocycles. The van der Waals surface area contributed by atoms with E-state index in [1.807, 2.05) is 45.0 Å². The van der Waals surface area contributed by atoms with Gasteiger partial charge < -0.3 is 0 Å². The number of fused-ring (bicyclic) bond motifs is 1. The molecule has 2 aliphatic rings. The molecule has 1 fully saturated rings. The third-order valence-corrected chi connectivity index (χ3v) is 9.03. The first kappa shape index (κ1) is 28.7. The van der Waals surface area contributed by atoms with Gasteiger partial charge in [-0.25, -0.2) is 0 Å². The maximum absolute atomic E-state index is 14.0. The summed E-state index contributed by atoms with van der Waals surface area (Å²) >= 11 is -0.997. The molecule has 0 spiro atoms. The van der Waals surface area contributed by atoms with E-state index in [4.69, 9.17) is 9.84 Å². The molecule has 1 radical (unpaired) electrons. The van der Waals surface area contributed by atoms with Crippen molar-refractivity contribution >= 4 is 53.9 Å². The van der Waals surface area contributed by atoms with Crippen molar-refractivity contribution < 1.29 is 23.9 Å².